The highest BCUT2D eigenvalue weighted by atomic mass is 16.1. The zero-order chi connectivity index (χ0) is 15.6. The number of nitrogens with one attached hydrogen (secondary N) is 2. The van der Waals surface area contributed by atoms with Crippen molar-refractivity contribution >= 4 is 16.7 Å². The van der Waals surface area contributed by atoms with Gasteiger partial charge in [0.2, 0.25) is 0 Å². The van der Waals surface area contributed by atoms with E-state index in [1.807, 2.05) is 60.7 Å². The highest BCUT2D eigenvalue weighted by molar-refractivity contribution is 5.99. The van der Waals surface area contributed by atoms with Crippen molar-refractivity contribution in [3.05, 3.63) is 78.0 Å². The van der Waals surface area contributed by atoms with Crippen molar-refractivity contribution in [2.24, 2.45) is 0 Å². The van der Waals surface area contributed by atoms with E-state index < -0.39 is 0 Å². The number of benzene rings is 2. The van der Waals surface area contributed by atoms with Gasteiger partial charge in [-0.25, -0.2) is 0 Å². The zero-order valence-electron chi connectivity index (χ0n) is 12.4. The fourth-order valence-electron chi connectivity index (χ4n) is 2.74. The minimum absolute atomic E-state index is 0.0959. The molecule has 0 amide bonds. The van der Waals surface area contributed by atoms with Crippen molar-refractivity contribution in [2.45, 2.75) is 6.42 Å². The molecule has 0 saturated heterocycles. The van der Waals surface area contributed by atoms with Crippen molar-refractivity contribution in [3.63, 3.8) is 0 Å². The van der Waals surface area contributed by atoms with Gasteiger partial charge in [-0.05, 0) is 17.7 Å². The molecule has 4 nitrogen and oxygen atoms in total. The minimum atomic E-state index is 0.0959. The van der Waals surface area contributed by atoms with Gasteiger partial charge in [0.05, 0.1) is 11.2 Å². The molecule has 2 aromatic heterocycles. The molecular formula is C19H15N3O. The molecule has 0 aliphatic heterocycles. The number of aromatic nitrogens is 3. The second-order valence-electron chi connectivity index (χ2n) is 5.51. The maximum atomic E-state index is 12.4. The third-order valence-electron chi connectivity index (χ3n) is 3.94. The lowest BCUT2D eigenvalue weighted by atomic mass is 10.0. The summed E-state index contributed by atoms with van der Waals surface area (Å²) in [6.07, 6.45) is 2.16. The number of H-pyrrole nitrogens is 2. The van der Waals surface area contributed by atoms with Crippen LogP contribution in [0.1, 0.15) is 15.9 Å². The Kier molecular flexibility index (Phi) is 3.27. The van der Waals surface area contributed by atoms with E-state index in [2.05, 4.69) is 15.2 Å². The first kappa shape index (κ1) is 13.5. The van der Waals surface area contributed by atoms with Crippen LogP contribution in [0.4, 0.5) is 0 Å². The number of carbonyl (C=O) groups excluding carboxylic acids is 1. The summed E-state index contributed by atoms with van der Waals surface area (Å²) in [6.45, 7) is 0. The second kappa shape index (κ2) is 5.57. The molecule has 2 aromatic carbocycles. The number of rotatable bonds is 4. The molecule has 0 radical (unpaired) electrons. The average Bonchev–Trinajstić information content (AvgIpc) is 3.22. The normalized spacial score (nSPS) is 11.0. The maximum Gasteiger partial charge on any atom is 0.168 e. The maximum absolute atomic E-state index is 12.4. The lowest BCUT2D eigenvalue weighted by molar-refractivity contribution is 0.0993. The Morgan fingerprint density at radius 2 is 1.78 bits per heavy atom. The predicted octanol–water partition coefficient (Wildman–Crippen LogP) is 3.98. The minimum Gasteiger partial charge on any atom is -0.359 e. The molecule has 0 unspecified atom stereocenters. The first-order valence-corrected chi connectivity index (χ1v) is 7.50. The topological polar surface area (TPSA) is 61.5 Å². The largest absolute Gasteiger partial charge is 0.359 e. The molecule has 0 saturated carbocycles. The van der Waals surface area contributed by atoms with Crippen LogP contribution in [-0.2, 0) is 6.42 Å². The summed E-state index contributed by atoms with van der Waals surface area (Å²) in [7, 11) is 0. The summed E-state index contributed by atoms with van der Waals surface area (Å²) in [5, 5.41) is 8.40. The Bertz CT molecular complexity index is 966. The molecule has 0 spiro atoms. The Hall–Kier alpha value is -3.14. The number of hydrogen-bond donors (Lipinski definition) is 2. The molecule has 4 aromatic rings. The molecule has 0 atom stereocenters. The van der Waals surface area contributed by atoms with Crippen molar-refractivity contribution in [1.29, 1.82) is 0 Å². The highest BCUT2D eigenvalue weighted by Crippen LogP contribution is 2.25. The summed E-state index contributed by atoms with van der Waals surface area (Å²) in [5.41, 5.74) is 4.36. The number of carbonyl (C=O) groups is 1. The number of nitrogens with zero attached hydrogens (tertiary/aromatic N) is 1. The van der Waals surface area contributed by atoms with Crippen molar-refractivity contribution in [3.8, 4) is 11.4 Å². The fourth-order valence-corrected chi connectivity index (χ4v) is 2.74. The molecule has 4 heteroatoms. The Balaban J connectivity index is 1.63. The third kappa shape index (κ3) is 2.55. The molecule has 0 aliphatic rings. The Morgan fingerprint density at radius 1 is 1.00 bits per heavy atom. The highest BCUT2D eigenvalue weighted by Gasteiger charge is 2.13. The monoisotopic (exact) mass is 301 g/mol. The van der Waals surface area contributed by atoms with Gasteiger partial charge in [0.15, 0.2) is 5.78 Å². The van der Waals surface area contributed by atoms with Crippen LogP contribution in [0.2, 0.25) is 0 Å². The van der Waals surface area contributed by atoms with Gasteiger partial charge < -0.3 is 4.98 Å². The number of para-hydroxylation sites is 1. The van der Waals surface area contributed by atoms with E-state index >= 15 is 0 Å². The average molecular weight is 301 g/mol. The summed E-state index contributed by atoms with van der Waals surface area (Å²) >= 11 is 0. The van der Waals surface area contributed by atoms with Crippen LogP contribution in [0.5, 0.6) is 0 Å². The molecule has 4 rings (SSSR count). The van der Waals surface area contributed by atoms with E-state index in [1.54, 1.807) is 6.20 Å². The molecule has 0 bridgehead atoms. The number of ketones is 1. The van der Waals surface area contributed by atoms with E-state index in [0.717, 1.165) is 27.9 Å². The molecule has 112 valence electrons. The van der Waals surface area contributed by atoms with Crippen LogP contribution >= 0.6 is 0 Å². The third-order valence-corrected chi connectivity index (χ3v) is 3.94. The standard InChI is InChI=1S/C19H15N3O/c23-18(10-13-6-2-1-3-7-13)14-11-17(20-12-14)19-15-8-4-5-9-16(15)21-22-19/h1-9,11-12,20H,10H2,(H,21,22). The van der Waals surface area contributed by atoms with E-state index in [0.29, 0.717) is 12.0 Å². The summed E-state index contributed by atoms with van der Waals surface area (Å²) in [6, 6.07) is 19.6. The van der Waals surface area contributed by atoms with Crippen LogP contribution in [0.3, 0.4) is 0 Å². The number of aromatic amines is 2. The van der Waals surface area contributed by atoms with Crippen molar-refractivity contribution < 1.29 is 4.79 Å². The van der Waals surface area contributed by atoms with E-state index in [-0.39, 0.29) is 5.78 Å². The van der Waals surface area contributed by atoms with Crippen LogP contribution in [-0.4, -0.2) is 21.0 Å². The number of Topliss-reactive ketones (excluding diaryl/α,β-unsaturated/α-hetero) is 1. The van der Waals surface area contributed by atoms with Crippen LogP contribution < -0.4 is 0 Å². The summed E-state index contributed by atoms with van der Waals surface area (Å²) in [4.78, 5) is 15.6. The SMILES string of the molecule is O=C(Cc1ccccc1)c1c[nH]c(-c2n[nH]c3ccccc23)c1. The lowest BCUT2D eigenvalue weighted by Crippen LogP contribution is -2.01. The van der Waals surface area contributed by atoms with E-state index in [4.69, 9.17) is 0 Å². The number of hydrogen-bond acceptors (Lipinski definition) is 2. The number of fused-ring (bicyclic) bond motifs is 1. The van der Waals surface area contributed by atoms with Gasteiger partial charge in [0, 0.05) is 23.6 Å². The van der Waals surface area contributed by atoms with E-state index in [9.17, 15) is 4.79 Å². The molecule has 2 N–H and O–H groups in total. The van der Waals surface area contributed by atoms with Crippen LogP contribution in [0.15, 0.2) is 66.9 Å². The van der Waals surface area contributed by atoms with Gasteiger partial charge in [-0.3, -0.25) is 9.89 Å². The van der Waals surface area contributed by atoms with Crippen LogP contribution in [0.25, 0.3) is 22.3 Å². The smallest absolute Gasteiger partial charge is 0.168 e. The fraction of sp³-hybridized carbons (Fsp3) is 0.0526. The van der Waals surface area contributed by atoms with Gasteiger partial charge >= 0.3 is 0 Å². The lowest BCUT2D eigenvalue weighted by Gasteiger charge is -1.98. The van der Waals surface area contributed by atoms with Gasteiger partial charge in [-0.2, -0.15) is 5.10 Å². The molecular weight excluding hydrogens is 286 g/mol. The van der Waals surface area contributed by atoms with Crippen molar-refractivity contribution in [2.75, 3.05) is 0 Å². The quantitative estimate of drug-likeness (QED) is 0.560. The Labute approximate surface area is 133 Å². The van der Waals surface area contributed by atoms with Gasteiger partial charge in [0.1, 0.15) is 5.69 Å². The van der Waals surface area contributed by atoms with E-state index in [1.165, 1.54) is 0 Å². The zero-order valence-corrected chi connectivity index (χ0v) is 12.4. The van der Waals surface area contributed by atoms with Gasteiger partial charge in [0.25, 0.3) is 0 Å². The van der Waals surface area contributed by atoms with Crippen molar-refractivity contribution in [1.82, 2.24) is 15.2 Å². The first-order chi connectivity index (χ1) is 11.3. The predicted molar refractivity (Wildman–Crippen MR) is 90.4 cm³/mol. The summed E-state index contributed by atoms with van der Waals surface area (Å²) in [5.74, 6) is 0.0959. The van der Waals surface area contributed by atoms with Gasteiger partial charge in [-0.1, -0.05) is 48.5 Å². The van der Waals surface area contributed by atoms with Gasteiger partial charge in [-0.15, -0.1) is 0 Å². The molecule has 2 heterocycles. The molecule has 0 fully saturated rings. The first-order valence-electron chi connectivity index (χ1n) is 7.50. The Morgan fingerprint density at radius 3 is 2.65 bits per heavy atom. The summed E-state index contributed by atoms with van der Waals surface area (Å²) < 4.78 is 0. The second-order valence-corrected chi connectivity index (χ2v) is 5.51. The van der Waals surface area contributed by atoms with Crippen LogP contribution in [0, 0.1) is 0 Å². The molecule has 23 heavy (non-hydrogen) atoms. The molecule has 0 aliphatic carbocycles.